The third kappa shape index (κ3) is 2.63. The minimum Gasteiger partial charge on any atom is -0.423 e. The molecular weight excluding hydrogens is 297 g/mol. The molecule has 0 saturated carbocycles. The van der Waals surface area contributed by atoms with E-state index in [1.807, 2.05) is 18.2 Å². The second kappa shape index (κ2) is 5.39. The Bertz CT molecular complexity index is 904. The van der Waals surface area contributed by atoms with E-state index in [4.69, 9.17) is 4.42 Å². The van der Waals surface area contributed by atoms with Crippen LogP contribution < -0.4 is 10.6 Å². The molecule has 2 heterocycles. The molecule has 3 aromatic rings. The number of aromatic nitrogens is 1. The Hall–Kier alpha value is -2.89. The van der Waals surface area contributed by atoms with Gasteiger partial charge in [0.05, 0.1) is 0 Å². The van der Waals surface area contributed by atoms with E-state index in [0.29, 0.717) is 18.5 Å². The van der Waals surface area contributed by atoms with E-state index in [9.17, 15) is 9.18 Å². The van der Waals surface area contributed by atoms with E-state index in [0.717, 1.165) is 23.2 Å². The van der Waals surface area contributed by atoms with Gasteiger partial charge in [-0.05, 0) is 41.8 Å². The number of nitrogens with one attached hydrogen (secondary N) is 2. The van der Waals surface area contributed by atoms with Crippen LogP contribution in [0.25, 0.3) is 11.1 Å². The molecule has 0 aliphatic carbocycles. The quantitative estimate of drug-likeness (QED) is 0.762. The van der Waals surface area contributed by atoms with Crippen LogP contribution in [-0.2, 0) is 17.8 Å². The van der Waals surface area contributed by atoms with Gasteiger partial charge in [-0.15, -0.1) is 0 Å². The normalized spacial score (nSPS) is 14.2. The maximum absolute atomic E-state index is 13.7. The van der Waals surface area contributed by atoms with E-state index in [-0.39, 0.29) is 17.4 Å². The average molecular weight is 311 g/mol. The molecule has 1 aliphatic rings. The predicted molar refractivity (Wildman–Crippen MR) is 83.9 cm³/mol. The van der Waals surface area contributed by atoms with Crippen LogP contribution in [0.5, 0.6) is 0 Å². The van der Waals surface area contributed by atoms with Crippen molar-refractivity contribution in [2.24, 2.45) is 0 Å². The lowest BCUT2D eigenvalue weighted by atomic mass is 10.0. The van der Waals surface area contributed by atoms with Crippen molar-refractivity contribution in [3.8, 4) is 0 Å². The summed E-state index contributed by atoms with van der Waals surface area (Å²) in [6.45, 7) is 0.506. The van der Waals surface area contributed by atoms with E-state index in [1.165, 1.54) is 6.07 Å². The van der Waals surface area contributed by atoms with Gasteiger partial charge in [0.2, 0.25) is 5.91 Å². The first-order valence-electron chi connectivity index (χ1n) is 7.39. The van der Waals surface area contributed by atoms with Crippen LogP contribution in [0.3, 0.4) is 0 Å². The SMILES string of the molecule is O=C1CCc2ccc(Nc3nc4c(F)cccc4o3)cc2CN1. The molecule has 0 unspecified atom stereocenters. The third-order valence-corrected chi connectivity index (χ3v) is 3.92. The highest BCUT2D eigenvalue weighted by Crippen LogP contribution is 2.26. The van der Waals surface area contributed by atoms with Crippen LogP contribution in [0.2, 0.25) is 0 Å². The van der Waals surface area contributed by atoms with Crippen molar-refractivity contribution < 1.29 is 13.6 Å². The number of hydrogen-bond acceptors (Lipinski definition) is 4. The molecule has 0 radical (unpaired) electrons. The largest absolute Gasteiger partial charge is 0.423 e. The molecule has 2 aromatic carbocycles. The number of hydrogen-bond donors (Lipinski definition) is 2. The summed E-state index contributed by atoms with van der Waals surface area (Å²) in [4.78, 5) is 15.6. The molecular formula is C17H14FN3O2. The van der Waals surface area contributed by atoms with Crippen molar-refractivity contribution in [2.75, 3.05) is 5.32 Å². The predicted octanol–water partition coefficient (Wildman–Crippen LogP) is 3.27. The zero-order valence-corrected chi connectivity index (χ0v) is 12.2. The molecule has 0 bridgehead atoms. The van der Waals surface area contributed by atoms with Gasteiger partial charge in [-0.3, -0.25) is 4.79 Å². The van der Waals surface area contributed by atoms with E-state index >= 15 is 0 Å². The maximum Gasteiger partial charge on any atom is 0.300 e. The Morgan fingerprint density at radius 2 is 2.09 bits per heavy atom. The third-order valence-electron chi connectivity index (χ3n) is 3.92. The number of rotatable bonds is 2. The Labute approximate surface area is 131 Å². The average Bonchev–Trinajstić information content (AvgIpc) is 2.86. The maximum atomic E-state index is 13.7. The number of carbonyl (C=O) groups excluding carboxylic acids is 1. The lowest BCUT2D eigenvalue weighted by molar-refractivity contribution is -0.121. The topological polar surface area (TPSA) is 67.2 Å². The first-order chi connectivity index (χ1) is 11.2. The van der Waals surface area contributed by atoms with Crippen LogP contribution >= 0.6 is 0 Å². The van der Waals surface area contributed by atoms with Crippen molar-refractivity contribution in [1.82, 2.24) is 10.3 Å². The van der Waals surface area contributed by atoms with Gasteiger partial charge >= 0.3 is 0 Å². The van der Waals surface area contributed by atoms with Crippen molar-refractivity contribution in [1.29, 1.82) is 0 Å². The summed E-state index contributed by atoms with van der Waals surface area (Å²) >= 11 is 0. The van der Waals surface area contributed by atoms with Gasteiger partial charge in [0.1, 0.15) is 5.52 Å². The summed E-state index contributed by atoms with van der Waals surface area (Å²) < 4.78 is 19.2. The number of fused-ring (bicyclic) bond motifs is 2. The number of carbonyl (C=O) groups is 1. The standard InChI is InChI=1S/C17H14FN3O2/c18-13-2-1-3-14-16(13)21-17(23-14)20-12-6-4-10-5-7-15(22)19-9-11(10)8-12/h1-4,6,8H,5,7,9H2,(H,19,22)(H,20,21). The number of nitrogens with zero attached hydrogens (tertiary/aromatic N) is 1. The lowest BCUT2D eigenvalue weighted by Crippen LogP contribution is -2.20. The Balaban J connectivity index is 1.63. The summed E-state index contributed by atoms with van der Waals surface area (Å²) in [5.74, 6) is -0.353. The molecule has 2 N–H and O–H groups in total. The van der Waals surface area contributed by atoms with Crippen molar-refractivity contribution in [2.45, 2.75) is 19.4 Å². The van der Waals surface area contributed by atoms with Gasteiger partial charge in [0, 0.05) is 18.7 Å². The second-order valence-corrected chi connectivity index (χ2v) is 5.49. The highest BCUT2D eigenvalue weighted by molar-refractivity contribution is 5.77. The van der Waals surface area contributed by atoms with Gasteiger partial charge in [-0.25, -0.2) is 4.39 Å². The fourth-order valence-electron chi connectivity index (χ4n) is 2.73. The molecule has 0 fully saturated rings. The number of amides is 1. The monoisotopic (exact) mass is 311 g/mol. The van der Waals surface area contributed by atoms with Crippen molar-refractivity contribution in [3.63, 3.8) is 0 Å². The number of para-hydroxylation sites is 1. The zero-order valence-electron chi connectivity index (χ0n) is 12.2. The fraction of sp³-hybridized carbons (Fsp3) is 0.176. The second-order valence-electron chi connectivity index (χ2n) is 5.49. The van der Waals surface area contributed by atoms with Gasteiger partial charge in [-0.2, -0.15) is 4.98 Å². The highest BCUT2D eigenvalue weighted by atomic mass is 19.1. The van der Waals surface area contributed by atoms with Crippen LogP contribution in [0, 0.1) is 5.82 Å². The number of anilines is 2. The summed E-state index contributed by atoms with van der Waals surface area (Å²) in [5, 5.41) is 5.91. The minimum absolute atomic E-state index is 0.0603. The summed E-state index contributed by atoms with van der Waals surface area (Å²) in [7, 11) is 0. The summed E-state index contributed by atoms with van der Waals surface area (Å²) in [6, 6.07) is 10.7. The minimum atomic E-state index is -0.413. The summed E-state index contributed by atoms with van der Waals surface area (Å²) in [5.41, 5.74) is 3.60. The molecule has 1 aromatic heterocycles. The molecule has 0 spiro atoms. The van der Waals surface area contributed by atoms with Gasteiger partial charge in [0.15, 0.2) is 11.4 Å². The van der Waals surface area contributed by atoms with E-state index in [2.05, 4.69) is 15.6 Å². The van der Waals surface area contributed by atoms with Crippen molar-refractivity contribution >= 4 is 28.7 Å². The Morgan fingerprint density at radius 3 is 2.96 bits per heavy atom. The molecule has 116 valence electrons. The molecule has 4 rings (SSSR count). The number of benzene rings is 2. The molecule has 0 atom stereocenters. The van der Waals surface area contributed by atoms with Crippen LogP contribution in [0.4, 0.5) is 16.1 Å². The number of halogens is 1. The van der Waals surface area contributed by atoms with E-state index in [1.54, 1.807) is 12.1 Å². The molecule has 6 heteroatoms. The number of oxazole rings is 1. The fourth-order valence-corrected chi connectivity index (χ4v) is 2.73. The van der Waals surface area contributed by atoms with Gasteiger partial charge in [-0.1, -0.05) is 12.1 Å². The zero-order chi connectivity index (χ0) is 15.8. The smallest absolute Gasteiger partial charge is 0.300 e. The molecule has 1 amide bonds. The van der Waals surface area contributed by atoms with Crippen LogP contribution in [0.15, 0.2) is 40.8 Å². The number of aryl methyl sites for hydroxylation is 1. The lowest BCUT2D eigenvalue weighted by Gasteiger charge is -2.08. The van der Waals surface area contributed by atoms with Gasteiger partial charge in [0.25, 0.3) is 6.01 Å². The Kier molecular flexibility index (Phi) is 3.22. The van der Waals surface area contributed by atoms with Gasteiger partial charge < -0.3 is 15.1 Å². The highest BCUT2D eigenvalue weighted by Gasteiger charge is 2.14. The van der Waals surface area contributed by atoms with Crippen LogP contribution in [-0.4, -0.2) is 10.9 Å². The van der Waals surface area contributed by atoms with Crippen molar-refractivity contribution in [3.05, 3.63) is 53.3 Å². The van der Waals surface area contributed by atoms with Crippen LogP contribution in [0.1, 0.15) is 17.5 Å². The first-order valence-corrected chi connectivity index (χ1v) is 7.39. The molecule has 5 nitrogen and oxygen atoms in total. The van der Waals surface area contributed by atoms with E-state index < -0.39 is 5.82 Å². The first kappa shape index (κ1) is 13.8. The molecule has 23 heavy (non-hydrogen) atoms. The summed E-state index contributed by atoms with van der Waals surface area (Å²) in [6.07, 6.45) is 1.24. The Morgan fingerprint density at radius 1 is 1.17 bits per heavy atom. The molecule has 1 aliphatic heterocycles. The molecule has 0 saturated heterocycles.